The van der Waals surface area contributed by atoms with Gasteiger partial charge >= 0.3 is 12.1 Å². The number of rotatable bonds is 4. The predicted molar refractivity (Wildman–Crippen MR) is 105 cm³/mol. The number of esters is 1. The summed E-state index contributed by atoms with van der Waals surface area (Å²) in [5.41, 5.74) is -0.747. The van der Waals surface area contributed by atoms with Crippen molar-refractivity contribution in [1.82, 2.24) is 9.55 Å². The van der Waals surface area contributed by atoms with Crippen molar-refractivity contribution in [2.75, 3.05) is 12.4 Å². The van der Waals surface area contributed by atoms with E-state index in [9.17, 15) is 27.6 Å². The van der Waals surface area contributed by atoms with Crippen LogP contribution in [0, 0.1) is 13.8 Å². The molecule has 0 radical (unpaired) electrons. The van der Waals surface area contributed by atoms with Crippen molar-refractivity contribution < 1.29 is 27.5 Å². The lowest BCUT2D eigenvalue weighted by Gasteiger charge is -2.12. The molecule has 0 aliphatic rings. The molecule has 0 bridgehead atoms. The van der Waals surface area contributed by atoms with E-state index in [1.54, 1.807) is 6.92 Å². The molecule has 0 fully saturated rings. The van der Waals surface area contributed by atoms with Gasteiger partial charge in [0.25, 0.3) is 5.56 Å². The smallest absolute Gasteiger partial charge is 0.416 e. The number of hydrogen-bond acceptors (Lipinski definition) is 6. The number of hydrogen-bond donors (Lipinski definition) is 1. The number of fused-ring (bicyclic) bond motifs is 1. The maximum atomic E-state index is 13.0. The summed E-state index contributed by atoms with van der Waals surface area (Å²) in [6, 6.07) is 3.18. The minimum Gasteiger partial charge on any atom is -0.465 e. The lowest BCUT2D eigenvalue weighted by atomic mass is 10.1. The number of nitrogens with zero attached hydrogens (tertiary/aromatic N) is 2. The molecule has 1 amide bonds. The summed E-state index contributed by atoms with van der Waals surface area (Å²) >= 11 is 1.00. The van der Waals surface area contributed by atoms with Crippen molar-refractivity contribution in [3.05, 3.63) is 56.4 Å². The Morgan fingerprint density at radius 2 is 1.93 bits per heavy atom. The number of amides is 1. The van der Waals surface area contributed by atoms with Crippen LogP contribution in [-0.4, -0.2) is 28.5 Å². The minimum absolute atomic E-state index is 0.0332. The number of methoxy groups -OCH3 is 1. The molecule has 7 nitrogen and oxygen atoms in total. The molecule has 0 saturated carbocycles. The van der Waals surface area contributed by atoms with Gasteiger partial charge in [-0.3, -0.25) is 14.2 Å². The summed E-state index contributed by atoms with van der Waals surface area (Å²) in [5.74, 6) is -1.29. The molecule has 30 heavy (non-hydrogen) atoms. The van der Waals surface area contributed by atoms with Gasteiger partial charge in [0.2, 0.25) is 5.91 Å². The van der Waals surface area contributed by atoms with Gasteiger partial charge in [0.05, 0.1) is 24.4 Å². The summed E-state index contributed by atoms with van der Waals surface area (Å²) in [6.45, 7) is 2.59. The second-order valence-electron chi connectivity index (χ2n) is 6.54. The first-order valence-corrected chi connectivity index (χ1v) is 9.38. The average Bonchev–Trinajstić information content (AvgIpc) is 2.99. The van der Waals surface area contributed by atoms with Gasteiger partial charge in [-0.1, -0.05) is 0 Å². The molecule has 0 spiro atoms. The zero-order valence-corrected chi connectivity index (χ0v) is 16.9. The molecule has 1 aromatic carbocycles. The van der Waals surface area contributed by atoms with Gasteiger partial charge in [0.1, 0.15) is 16.3 Å². The predicted octanol–water partition coefficient (Wildman–Crippen LogP) is 3.52. The lowest BCUT2D eigenvalue weighted by Crippen LogP contribution is -2.28. The van der Waals surface area contributed by atoms with E-state index in [4.69, 9.17) is 0 Å². The highest BCUT2D eigenvalue weighted by atomic mass is 32.1. The van der Waals surface area contributed by atoms with Gasteiger partial charge in [-0.05, 0) is 43.2 Å². The van der Waals surface area contributed by atoms with Crippen LogP contribution in [0.1, 0.15) is 26.4 Å². The Morgan fingerprint density at radius 1 is 1.23 bits per heavy atom. The van der Waals surface area contributed by atoms with E-state index in [1.807, 2.05) is 0 Å². The van der Waals surface area contributed by atoms with Crippen LogP contribution < -0.4 is 10.9 Å². The topological polar surface area (TPSA) is 90.3 Å². The van der Waals surface area contributed by atoms with Gasteiger partial charge in [0.15, 0.2) is 0 Å². The van der Waals surface area contributed by atoms with Crippen LogP contribution in [-0.2, 0) is 22.3 Å². The quantitative estimate of drug-likeness (QED) is 0.629. The highest BCUT2D eigenvalue weighted by Crippen LogP contribution is 2.32. The molecule has 2 aromatic heterocycles. The van der Waals surface area contributed by atoms with Crippen LogP contribution in [0.2, 0.25) is 0 Å². The zero-order chi connectivity index (χ0) is 22.2. The summed E-state index contributed by atoms with van der Waals surface area (Å²) < 4.78 is 44.6. The van der Waals surface area contributed by atoms with E-state index in [1.165, 1.54) is 20.1 Å². The number of thiophene rings is 1. The third kappa shape index (κ3) is 4.20. The molecule has 0 saturated heterocycles. The maximum absolute atomic E-state index is 13.0. The number of alkyl halides is 3. The first kappa shape index (κ1) is 21.5. The highest BCUT2D eigenvalue weighted by Gasteiger charge is 2.31. The molecule has 3 aromatic rings. The number of aromatic nitrogens is 2. The monoisotopic (exact) mass is 439 g/mol. The molecule has 0 aliphatic heterocycles. The Labute approximate surface area is 172 Å². The van der Waals surface area contributed by atoms with E-state index in [0.29, 0.717) is 16.0 Å². The number of aryl methyl sites for hydroxylation is 2. The minimum atomic E-state index is -4.55. The number of halogens is 3. The number of carbonyl (C=O) groups excluding carboxylic acids is 2. The second kappa shape index (κ2) is 7.90. The highest BCUT2D eigenvalue weighted by molar-refractivity contribution is 7.20. The fraction of sp³-hybridized carbons (Fsp3) is 0.263. The Hall–Kier alpha value is -3.21. The van der Waals surface area contributed by atoms with E-state index in [0.717, 1.165) is 34.4 Å². The van der Waals surface area contributed by atoms with Crippen molar-refractivity contribution >= 4 is 39.1 Å². The van der Waals surface area contributed by atoms with E-state index >= 15 is 0 Å². The van der Waals surface area contributed by atoms with E-state index in [2.05, 4.69) is 15.0 Å². The van der Waals surface area contributed by atoms with Crippen molar-refractivity contribution in [2.45, 2.75) is 26.6 Å². The normalized spacial score (nSPS) is 11.5. The van der Waals surface area contributed by atoms with Crippen LogP contribution in [0.5, 0.6) is 0 Å². The number of ether oxygens (including phenoxy) is 1. The van der Waals surface area contributed by atoms with Crippen LogP contribution in [0.3, 0.4) is 0 Å². The summed E-state index contributed by atoms with van der Waals surface area (Å²) in [4.78, 5) is 41.6. The van der Waals surface area contributed by atoms with Crippen LogP contribution in [0.15, 0.2) is 29.3 Å². The largest absolute Gasteiger partial charge is 0.465 e. The van der Waals surface area contributed by atoms with Crippen molar-refractivity contribution in [2.24, 2.45) is 0 Å². The fourth-order valence-electron chi connectivity index (χ4n) is 2.93. The molecule has 158 valence electrons. The Balaban J connectivity index is 1.88. The van der Waals surface area contributed by atoms with Crippen molar-refractivity contribution in [1.29, 1.82) is 0 Å². The van der Waals surface area contributed by atoms with Gasteiger partial charge in [0, 0.05) is 5.69 Å². The molecule has 0 unspecified atom stereocenters. The molecule has 11 heteroatoms. The fourth-order valence-corrected chi connectivity index (χ4v) is 3.99. The molecular weight excluding hydrogens is 423 g/mol. The average molecular weight is 439 g/mol. The Bertz CT molecular complexity index is 1210. The SMILES string of the molecule is COC(=O)c1sc2ncn(CC(=O)Nc3cc(C)cc(C(F)(F)F)c3)c(=O)c2c1C. The number of nitrogens with one attached hydrogen (secondary N) is 1. The van der Waals surface area contributed by atoms with Crippen LogP contribution in [0.4, 0.5) is 18.9 Å². The van der Waals surface area contributed by atoms with Crippen LogP contribution >= 0.6 is 11.3 Å². The summed E-state index contributed by atoms with van der Waals surface area (Å²) in [5, 5.41) is 2.55. The first-order chi connectivity index (χ1) is 14.0. The molecule has 2 heterocycles. The maximum Gasteiger partial charge on any atom is 0.416 e. The third-order valence-corrected chi connectivity index (χ3v) is 5.47. The molecule has 1 N–H and O–H groups in total. The lowest BCUT2D eigenvalue weighted by molar-refractivity contribution is -0.137. The third-order valence-electron chi connectivity index (χ3n) is 4.29. The number of anilines is 1. The van der Waals surface area contributed by atoms with Gasteiger partial charge in [-0.25, -0.2) is 9.78 Å². The standard InChI is InChI=1S/C19H16F3N3O4S/c1-9-4-11(19(20,21)22)6-12(5-9)24-13(26)7-25-8-23-16-14(17(25)27)10(2)15(30-16)18(28)29-3/h4-6,8H,7H2,1-3H3,(H,24,26). The van der Waals surface area contributed by atoms with Gasteiger partial charge < -0.3 is 10.1 Å². The Kier molecular flexibility index (Phi) is 5.66. The number of carbonyl (C=O) groups is 2. The first-order valence-electron chi connectivity index (χ1n) is 8.57. The second-order valence-corrected chi connectivity index (χ2v) is 7.54. The van der Waals surface area contributed by atoms with Gasteiger partial charge in [-0.15, -0.1) is 11.3 Å². The number of benzene rings is 1. The Morgan fingerprint density at radius 3 is 2.57 bits per heavy atom. The van der Waals surface area contributed by atoms with Crippen LogP contribution in [0.25, 0.3) is 10.2 Å². The van der Waals surface area contributed by atoms with Gasteiger partial charge in [-0.2, -0.15) is 13.2 Å². The summed E-state index contributed by atoms with van der Waals surface area (Å²) in [7, 11) is 1.22. The van der Waals surface area contributed by atoms with E-state index in [-0.39, 0.29) is 16.0 Å². The van der Waals surface area contributed by atoms with Crippen molar-refractivity contribution in [3.8, 4) is 0 Å². The summed E-state index contributed by atoms with van der Waals surface area (Å²) in [6.07, 6.45) is -3.40. The zero-order valence-electron chi connectivity index (χ0n) is 16.1. The van der Waals surface area contributed by atoms with Crippen molar-refractivity contribution in [3.63, 3.8) is 0 Å². The molecule has 0 aliphatic carbocycles. The molecular formula is C19H16F3N3O4S. The molecule has 3 rings (SSSR count). The van der Waals surface area contributed by atoms with E-state index < -0.39 is 35.7 Å². The molecule has 0 atom stereocenters.